The van der Waals surface area contributed by atoms with Crippen molar-refractivity contribution in [2.75, 3.05) is 14.2 Å². The van der Waals surface area contributed by atoms with Crippen LogP contribution in [0.2, 0.25) is 15.1 Å². The van der Waals surface area contributed by atoms with Gasteiger partial charge < -0.3 is 9.47 Å². The van der Waals surface area contributed by atoms with E-state index >= 15 is 0 Å². The Morgan fingerprint density at radius 1 is 0.905 bits per heavy atom. The summed E-state index contributed by atoms with van der Waals surface area (Å²) < 4.78 is 10.3. The van der Waals surface area contributed by atoms with E-state index in [4.69, 9.17) is 44.3 Å². The highest BCUT2D eigenvalue weighted by Crippen LogP contribution is 2.33. The van der Waals surface area contributed by atoms with Crippen molar-refractivity contribution in [3.8, 4) is 11.5 Å². The van der Waals surface area contributed by atoms with Crippen molar-refractivity contribution in [2.24, 2.45) is 0 Å². The lowest BCUT2D eigenvalue weighted by Crippen LogP contribution is -1.87. The number of halogens is 3. The van der Waals surface area contributed by atoms with Crippen LogP contribution in [0.3, 0.4) is 0 Å². The summed E-state index contributed by atoms with van der Waals surface area (Å²) in [4.78, 5) is 0. The molecule has 0 aliphatic heterocycles. The number of hydrogen-bond acceptors (Lipinski definition) is 2. The third-order valence-corrected chi connectivity index (χ3v) is 3.96. The third kappa shape index (κ3) is 3.65. The fourth-order valence-corrected chi connectivity index (χ4v) is 2.68. The van der Waals surface area contributed by atoms with Crippen molar-refractivity contribution >= 4 is 47.0 Å². The van der Waals surface area contributed by atoms with E-state index in [1.807, 2.05) is 24.3 Å². The first-order valence-electron chi connectivity index (χ1n) is 6.10. The molecule has 0 radical (unpaired) electrons. The Morgan fingerprint density at radius 2 is 1.57 bits per heavy atom. The van der Waals surface area contributed by atoms with E-state index in [1.54, 1.807) is 32.4 Å². The average Bonchev–Trinajstić information content (AvgIpc) is 2.47. The second-order valence-electron chi connectivity index (χ2n) is 4.20. The van der Waals surface area contributed by atoms with E-state index in [1.165, 1.54) is 0 Å². The zero-order chi connectivity index (χ0) is 15.4. The summed E-state index contributed by atoms with van der Waals surface area (Å²) in [6, 6.07) is 8.96. The van der Waals surface area contributed by atoms with Gasteiger partial charge in [0.15, 0.2) is 0 Å². The number of rotatable bonds is 4. The lowest BCUT2D eigenvalue weighted by Gasteiger charge is -2.07. The molecule has 0 saturated carbocycles. The van der Waals surface area contributed by atoms with E-state index in [0.29, 0.717) is 32.1 Å². The topological polar surface area (TPSA) is 18.5 Å². The van der Waals surface area contributed by atoms with Gasteiger partial charge in [-0.3, -0.25) is 0 Å². The van der Waals surface area contributed by atoms with Gasteiger partial charge in [-0.25, -0.2) is 0 Å². The number of benzene rings is 2. The minimum absolute atomic E-state index is 0.509. The summed E-state index contributed by atoms with van der Waals surface area (Å²) in [6.07, 6.45) is 3.65. The molecule has 5 heteroatoms. The van der Waals surface area contributed by atoms with Gasteiger partial charge in [0, 0.05) is 5.56 Å². The third-order valence-electron chi connectivity index (χ3n) is 2.93. The van der Waals surface area contributed by atoms with Crippen molar-refractivity contribution < 1.29 is 9.47 Å². The van der Waals surface area contributed by atoms with Gasteiger partial charge in [-0.2, -0.15) is 0 Å². The molecule has 0 N–H and O–H groups in total. The molecule has 2 aromatic rings. The molecule has 0 aliphatic rings. The van der Waals surface area contributed by atoms with E-state index in [2.05, 4.69) is 0 Å². The summed E-state index contributed by atoms with van der Waals surface area (Å²) in [6.45, 7) is 0. The van der Waals surface area contributed by atoms with Crippen LogP contribution in [0.5, 0.6) is 11.5 Å². The van der Waals surface area contributed by atoms with Gasteiger partial charge >= 0.3 is 0 Å². The Labute approximate surface area is 138 Å². The molecule has 0 aliphatic carbocycles. The molecule has 0 atom stereocenters. The number of ether oxygens (including phenoxy) is 2. The number of hydrogen-bond donors (Lipinski definition) is 0. The van der Waals surface area contributed by atoms with Crippen LogP contribution in [0.25, 0.3) is 12.2 Å². The molecule has 0 bridgehead atoms. The Hall–Kier alpha value is -1.35. The van der Waals surface area contributed by atoms with Gasteiger partial charge in [-0.1, -0.05) is 59.1 Å². The predicted molar refractivity (Wildman–Crippen MR) is 89.9 cm³/mol. The Balaban J connectivity index is 2.38. The molecule has 0 unspecified atom stereocenters. The van der Waals surface area contributed by atoms with Crippen LogP contribution in [0.15, 0.2) is 30.3 Å². The van der Waals surface area contributed by atoms with Gasteiger partial charge in [-0.05, 0) is 23.8 Å². The molecule has 0 amide bonds. The Kier molecular flexibility index (Phi) is 5.40. The monoisotopic (exact) mass is 342 g/mol. The van der Waals surface area contributed by atoms with Crippen molar-refractivity contribution in [2.45, 2.75) is 0 Å². The lowest BCUT2D eigenvalue weighted by atomic mass is 10.1. The maximum absolute atomic E-state index is 6.24. The maximum atomic E-state index is 6.24. The highest BCUT2D eigenvalue weighted by molar-refractivity contribution is 6.37. The first kappa shape index (κ1) is 16.0. The van der Waals surface area contributed by atoms with E-state index in [9.17, 15) is 0 Å². The lowest BCUT2D eigenvalue weighted by molar-refractivity contribution is 0.415. The maximum Gasteiger partial charge on any atom is 0.138 e. The molecule has 2 rings (SSSR count). The molecule has 0 fully saturated rings. The van der Waals surface area contributed by atoms with Crippen LogP contribution in [-0.2, 0) is 0 Å². The zero-order valence-electron chi connectivity index (χ0n) is 11.5. The molecule has 2 nitrogen and oxygen atoms in total. The molecule has 0 aromatic heterocycles. The molecular formula is C16H13Cl3O2. The van der Waals surface area contributed by atoms with Crippen LogP contribution in [0.4, 0.5) is 0 Å². The van der Waals surface area contributed by atoms with Crippen LogP contribution < -0.4 is 9.47 Å². The SMILES string of the molecule is COc1cc(Cl)c(/C=C\c2cccc(OC)c2Cl)c(Cl)c1. The number of methoxy groups -OCH3 is 2. The zero-order valence-corrected chi connectivity index (χ0v) is 13.8. The highest BCUT2D eigenvalue weighted by atomic mass is 35.5. The molecule has 110 valence electrons. The smallest absolute Gasteiger partial charge is 0.138 e. The summed E-state index contributed by atoms with van der Waals surface area (Å²) in [5.41, 5.74) is 1.52. The normalized spacial score (nSPS) is 10.9. The highest BCUT2D eigenvalue weighted by Gasteiger charge is 2.07. The van der Waals surface area contributed by atoms with Gasteiger partial charge in [-0.15, -0.1) is 0 Å². The molecule has 2 aromatic carbocycles. The van der Waals surface area contributed by atoms with Crippen LogP contribution in [0, 0.1) is 0 Å². The fraction of sp³-hybridized carbons (Fsp3) is 0.125. The van der Waals surface area contributed by atoms with Gasteiger partial charge in [0.1, 0.15) is 11.5 Å². The van der Waals surface area contributed by atoms with Crippen molar-refractivity contribution in [1.82, 2.24) is 0 Å². The molecule has 21 heavy (non-hydrogen) atoms. The van der Waals surface area contributed by atoms with Crippen molar-refractivity contribution in [3.05, 3.63) is 56.5 Å². The van der Waals surface area contributed by atoms with E-state index < -0.39 is 0 Å². The Morgan fingerprint density at radius 3 is 2.14 bits per heavy atom. The van der Waals surface area contributed by atoms with Gasteiger partial charge in [0.05, 0.1) is 29.3 Å². The molecular weight excluding hydrogens is 331 g/mol. The standard InChI is InChI=1S/C16H13Cl3O2/c1-20-11-8-13(17)12(14(18)9-11)7-6-10-4-3-5-15(21-2)16(10)19/h3-9H,1-2H3/b7-6-. The molecule has 0 saturated heterocycles. The van der Waals surface area contributed by atoms with Crippen molar-refractivity contribution in [3.63, 3.8) is 0 Å². The van der Waals surface area contributed by atoms with Crippen molar-refractivity contribution in [1.29, 1.82) is 0 Å². The van der Waals surface area contributed by atoms with Crippen LogP contribution in [-0.4, -0.2) is 14.2 Å². The second-order valence-corrected chi connectivity index (χ2v) is 5.39. The minimum atomic E-state index is 0.509. The second kappa shape index (κ2) is 7.08. The largest absolute Gasteiger partial charge is 0.497 e. The summed E-state index contributed by atoms with van der Waals surface area (Å²) in [7, 11) is 3.14. The first-order chi connectivity index (χ1) is 10.1. The quantitative estimate of drug-likeness (QED) is 0.650. The molecule has 0 heterocycles. The predicted octanol–water partition coefficient (Wildman–Crippen LogP) is 5.83. The minimum Gasteiger partial charge on any atom is -0.497 e. The Bertz CT molecular complexity index is 658. The molecule has 0 spiro atoms. The first-order valence-corrected chi connectivity index (χ1v) is 7.23. The summed E-state index contributed by atoms with van der Waals surface area (Å²) in [5, 5.41) is 1.56. The van der Waals surface area contributed by atoms with E-state index in [0.717, 1.165) is 5.56 Å². The summed E-state index contributed by atoms with van der Waals surface area (Å²) >= 11 is 18.6. The van der Waals surface area contributed by atoms with Gasteiger partial charge in [0.25, 0.3) is 0 Å². The van der Waals surface area contributed by atoms with Crippen LogP contribution in [0.1, 0.15) is 11.1 Å². The average molecular weight is 344 g/mol. The summed E-state index contributed by atoms with van der Waals surface area (Å²) in [5.74, 6) is 1.23. The van der Waals surface area contributed by atoms with Crippen LogP contribution >= 0.6 is 34.8 Å². The van der Waals surface area contributed by atoms with E-state index in [-0.39, 0.29) is 0 Å². The van der Waals surface area contributed by atoms with Gasteiger partial charge in [0.2, 0.25) is 0 Å². The fourth-order valence-electron chi connectivity index (χ4n) is 1.83.